The van der Waals surface area contributed by atoms with Crippen LogP contribution in [0.1, 0.15) is 21.5 Å². The number of benzene rings is 2. The Balaban J connectivity index is 2.11. The molecule has 0 spiro atoms. The second kappa shape index (κ2) is 6.21. The van der Waals surface area contributed by atoms with Crippen LogP contribution in [-0.2, 0) is 6.42 Å². The molecule has 0 aliphatic heterocycles. The van der Waals surface area contributed by atoms with Gasteiger partial charge < -0.3 is 16.2 Å². The number of aryl methyl sites for hydroxylation is 1. The lowest BCUT2D eigenvalue weighted by molar-refractivity contribution is 0.102. The maximum absolute atomic E-state index is 12.1. The molecule has 0 aliphatic carbocycles. The predicted octanol–water partition coefficient (Wildman–Crippen LogP) is 2.45. The van der Waals surface area contributed by atoms with E-state index in [1.54, 1.807) is 30.3 Å². The largest absolute Gasteiger partial charge is 0.508 e. The van der Waals surface area contributed by atoms with Gasteiger partial charge in [0, 0.05) is 11.3 Å². The van der Waals surface area contributed by atoms with Crippen molar-refractivity contribution in [3.05, 3.63) is 59.2 Å². The minimum absolute atomic E-state index is 0.168. The topological polar surface area (TPSA) is 75.3 Å². The molecule has 0 fully saturated rings. The molecule has 0 aromatic heterocycles. The highest BCUT2D eigenvalue weighted by atomic mass is 16.3. The van der Waals surface area contributed by atoms with E-state index in [1.807, 2.05) is 19.1 Å². The van der Waals surface area contributed by atoms with E-state index in [-0.39, 0.29) is 11.7 Å². The van der Waals surface area contributed by atoms with Crippen molar-refractivity contribution in [3.8, 4) is 5.75 Å². The van der Waals surface area contributed by atoms with Crippen LogP contribution in [-0.4, -0.2) is 17.6 Å². The molecule has 0 heterocycles. The summed E-state index contributed by atoms with van der Waals surface area (Å²) in [5.74, 6) is 0.0183. The molecule has 0 saturated heterocycles. The zero-order chi connectivity index (χ0) is 14.5. The van der Waals surface area contributed by atoms with Gasteiger partial charge in [-0.15, -0.1) is 0 Å². The van der Waals surface area contributed by atoms with Crippen LogP contribution in [0.2, 0.25) is 0 Å². The van der Waals surface area contributed by atoms with Crippen molar-refractivity contribution in [2.24, 2.45) is 5.73 Å². The maximum Gasteiger partial charge on any atom is 0.255 e. The third kappa shape index (κ3) is 3.36. The number of phenolic OH excluding ortho intramolecular Hbond substituents is 1. The van der Waals surface area contributed by atoms with E-state index in [9.17, 15) is 9.90 Å². The van der Waals surface area contributed by atoms with Crippen LogP contribution in [0.15, 0.2) is 42.5 Å². The Kier molecular flexibility index (Phi) is 4.38. The van der Waals surface area contributed by atoms with Gasteiger partial charge in [-0.1, -0.05) is 12.1 Å². The number of anilines is 1. The third-order valence-corrected chi connectivity index (χ3v) is 3.11. The van der Waals surface area contributed by atoms with E-state index < -0.39 is 0 Å². The number of phenols is 1. The van der Waals surface area contributed by atoms with Crippen molar-refractivity contribution in [1.82, 2.24) is 0 Å². The van der Waals surface area contributed by atoms with Gasteiger partial charge in [0.15, 0.2) is 0 Å². The molecule has 4 heteroatoms. The number of aromatic hydroxyl groups is 1. The fourth-order valence-corrected chi connectivity index (χ4v) is 1.97. The van der Waals surface area contributed by atoms with Gasteiger partial charge in [-0.3, -0.25) is 4.79 Å². The van der Waals surface area contributed by atoms with Crippen molar-refractivity contribution in [1.29, 1.82) is 0 Å². The average molecular weight is 270 g/mol. The fraction of sp³-hybridized carbons (Fsp3) is 0.188. The summed E-state index contributed by atoms with van der Waals surface area (Å²) < 4.78 is 0. The summed E-state index contributed by atoms with van der Waals surface area (Å²) in [7, 11) is 0. The van der Waals surface area contributed by atoms with Gasteiger partial charge in [0.1, 0.15) is 5.75 Å². The van der Waals surface area contributed by atoms with E-state index >= 15 is 0 Å². The standard InChI is InChI=1S/C16H18N2O2/c1-11-10-14(19)6-7-15(11)18-16(20)13-4-2-12(3-5-13)8-9-17/h2-7,10,19H,8-9,17H2,1H3,(H,18,20). The molecule has 0 saturated carbocycles. The number of carbonyl (C=O) groups is 1. The molecule has 1 amide bonds. The normalized spacial score (nSPS) is 10.3. The molecule has 0 aliphatic rings. The lowest BCUT2D eigenvalue weighted by Gasteiger charge is -2.09. The minimum Gasteiger partial charge on any atom is -0.508 e. The summed E-state index contributed by atoms with van der Waals surface area (Å²) in [6.45, 7) is 2.43. The summed E-state index contributed by atoms with van der Waals surface area (Å²) in [6, 6.07) is 12.2. The van der Waals surface area contributed by atoms with E-state index in [1.165, 1.54) is 0 Å². The Morgan fingerprint density at radius 2 is 1.90 bits per heavy atom. The molecule has 2 aromatic rings. The molecule has 104 valence electrons. The van der Waals surface area contributed by atoms with Gasteiger partial charge in [-0.25, -0.2) is 0 Å². The molecule has 0 unspecified atom stereocenters. The minimum atomic E-state index is -0.168. The van der Waals surface area contributed by atoms with Crippen molar-refractivity contribution >= 4 is 11.6 Å². The van der Waals surface area contributed by atoms with Crippen LogP contribution in [0, 0.1) is 6.92 Å². The molecule has 0 bridgehead atoms. The van der Waals surface area contributed by atoms with E-state index in [0.717, 1.165) is 17.5 Å². The van der Waals surface area contributed by atoms with E-state index in [0.29, 0.717) is 17.8 Å². The summed E-state index contributed by atoms with van der Waals surface area (Å²) >= 11 is 0. The van der Waals surface area contributed by atoms with Crippen molar-refractivity contribution in [2.75, 3.05) is 11.9 Å². The first kappa shape index (κ1) is 14.1. The Labute approximate surface area is 118 Å². The first-order valence-corrected chi connectivity index (χ1v) is 6.50. The van der Waals surface area contributed by atoms with Crippen LogP contribution < -0.4 is 11.1 Å². The molecule has 0 atom stereocenters. The van der Waals surface area contributed by atoms with Gasteiger partial charge in [0.2, 0.25) is 0 Å². The second-order valence-corrected chi connectivity index (χ2v) is 4.69. The smallest absolute Gasteiger partial charge is 0.255 e. The average Bonchev–Trinajstić information content (AvgIpc) is 2.43. The number of rotatable bonds is 4. The van der Waals surface area contributed by atoms with Crippen LogP contribution >= 0.6 is 0 Å². The molecule has 0 radical (unpaired) electrons. The maximum atomic E-state index is 12.1. The van der Waals surface area contributed by atoms with E-state index in [2.05, 4.69) is 5.32 Å². The van der Waals surface area contributed by atoms with Crippen LogP contribution in [0.3, 0.4) is 0 Å². The molecular formula is C16H18N2O2. The monoisotopic (exact) mass is 270 g/mol. The first-order valence-electron chi connectivity index (χ1n) is 6.50. The number of hydrogen-bond donors (Lipinski definition) is 3. The predicted molar refractivity (Wildman–Crippen MR) is 80.0 cm³/mol. The second-order valence-electron chi connectivity index (χ2n) is 4.69. The van der Waals surface area contributed by atoms with Gasteiger partial charge in [0.25, 0.3) is 5.91 Å². The zero-order valence-corrected chi connectivity index (χ0v) is 11.4. The Morgan fingerprint density at radius 3 is 2.50 bits per heavy atom. The van der Waals surface area contributed by atoms with Crippen LogP contribution in [0.5, 0.6) is 5.75 Å². The molecule has 4 nitrogen and oxygen atoms in total. The SMILES string of the molecule is Cc1cc(O)ccc1NC(=O)c1ccc(CCN)cc1. The lowest BCUT2D eigenvalue weighted by atomic mass is 10.1. The first-order chi connectivity index (χ1) is 9.60. The lowest BCUT2D eigenvalue weighted by Crippen LogP contribution is -2.13. The van der Waals surface area contributed by atoms with Gasteiger partial charge in [-0.2, -0.15) is 0 Å². The summed E-state index contributed by atoms with van der Waals surface area (Å²) in [4.78, 5) is 12.1. The molecule has 20 heavy (non-hydrogen) atoms. The summed E-state index contributed by atoms with van der Waals surface area (Å²) in [5, 5.41) is 12.2. The van der Waals surface area contributed by atoms with E-state index in [4.69, 9.17) is 5.73 Å². The summed E-state index contributed by atoms with van der Waals surface area (Å²) in [6.07, 6.45) is 0.805. The third-order valence-electron chi connectivity index (χ3n) is 3.11. The highest BCUT2D eigenvalue weighted by molar-refractivity contribution is 6.04. The molecule has 2 aromatic carbocycles. The van der Waals surface area contributed by atoms with Gasteiger partial charge >= 0.3 is 0 Å². The molecule has 4 N–H and O–H groups in total. The molecular weight excluding hydrogens is 252 g/mol. The van der Waals surface area contributed by atoms with Crippen LogP contribution in [0.25, 0.3) is 0 Å². The van der Waals surface area contributed by atoms with Crippen molar-refractivity contribution in [3.63, 3.8) is 0 Å². The molecule has 2 rings (SSSR count). The van der Waals surface area contributed by atoms with Crippen molar-refractivity contribution < 1.29 is 9.90 Å². The highest BCUT2D eigenvalue weighted by Crippen LogP contribution is 2.20. The number of amides is 1. The van der Waals surface area contributed by atoms with Crippen LogP contribution in [0.4, 0.5) is 5.69 Å². The Hall–Kier alpha value is -2.33. The number of nitrogens with one attached hydrogen (secondary N) is 1. The summed E-state index contributed by atoms with van der Waals surface area (Å²) in [5.41, 5.74) is 8.71. The Bertz CT molecular complexity index is 606. The van der Waals surface area contributed by atoms with Gasteiger partial charge in [0.05, 0.1) is 0 Å². The number of hydrogen-bond acceptors (Lipinski definition) is 3. The quantitative estimate of drug-likeness (QED) is 0.747. The number of nitrogens with two attached hydrogens (primary N) is 1. The highest BCUT2D eigenvalue weighted by Gasteiger charge is 2.08. The van der Waals surface area contributed by atoms with Gasteiger partial charge in [-0.05, 0) is 61.3 Å². The fourth-order valence-electron chi connectivity index (χ4n) is 1.97. The number of carbonyl (C=O) groups excluding carboxylic acids is 1. The zero-order valence-electron chi connectivity index (χ0n) is 11.4. The Morgan fingerprint density at radius 1 is 1.20 bits per heavy atom. The van der Waals surface area contributed by atoms with Crippen molar-refractivity contribution in [2.45, 2.75) is 13.3 Å².